The van der Waals surface area contributed by atoms with Gasteiger partial charge in [0.15, 0.2) is 0 Å². The highest BCUT2D eigenvalue weighted by Crippen LogP contribution is 2.24. The van der Waals surface area contributed by atoms with Crippen LogP contribution in [-0.2, 0) is 16.0 Å². The summed E-state index contributed by atoms with van der Waals surface area (Å²) in [6.07, 6.45) is 0.884. The lowest BCUT2D eigenvalue weighted by atomic mass is 10.1. The molecule has 5 nitrogen and oxygen atoms in total. The molecule has 24 heavy (non-hydrogen) atoms. The Morgan fingerprint density at radius 1 is 1.08 bits per heavy atom. The number of nitrogens with one attached hydrogen (secondary N) is 1. The molecule has 1 amide bonds. The van der Waals surface area contributed by atoms with Gasteiger partial charge < -0.3 is 14.8 Å². The monoisotopic (exact) mass is 347 g/mol. The lowest BCUT2D eigenvalue weighted by Gasteiger charge is -2.09. The van der Waals surface area contributed by atoms with Crippen molar-refractivity contribution in [1.29, 1.82) is 0 Å². The summed E-state index contributed by atoms with van der Waals surface area (Å²) in [7, 11) is 2.90. The van der Waals surface area contributed by atoms with E-state index in [0.29, 0.717) is 29.1 Å². The van der Waals surface area contributed by atoms with Gasteiger partial charge in [-0.1, -0.05) is 23.7 Å². The molecule has 0 spiro atoms. The van der Waals surface area contributed by atoms with E-state index in [4.69, 9.17) is 16.3 Å². The van der Waals surface area contributed by atoms with Crippen molar-refractivity contribution in [3.05, 3.63) is 58.6 Å². The molecule has 2 aromatic rings. The van der Waals surface area contributed by atoms with Crippen molar-refractivity contribution in [2.75, 3.05) is 19.5 Å². The zero-order valence-electron chi connectivity index (χ0n) is 13.5. The summed E-state index contributed by atoms with van der Waals surface area (Å²) in [6.45, 7) is 0. The van der Waals surface area contributed by atoms with Crippen molar-refractivity contribution in [3.63, 3.8) is 0 Å². The average molecular weight is 348 g/mol. The predicted molar refractivity (Wildman–Crippen MR) is 92.7 cm³/mol. The van der Waals surface area contributed by atoms with Gasteiger partial charge in [-0.2, -0.15) is 0 Å². The zero-order valence-corrected chi connectivity index (χ0v) is 14.2. The molecule has 126 valence electrons. The Hall–Kier alpha value is -2.53. The summed E-state index contributed by atoms with van der Waals surface area (Å²) in [5.41, 5.74) is 1.74. The zero-order chi connectivity index (χ0) is 17.5. The summed E-state index contributed by atoms with van der Waals surface area (Å²) in [6, 6.07) is 12.1. The Bertz CT molecular complexity index is 728. The number of ether oxygens (including phenoxy) is 2. The van der Waals surface area contributed by atoms with E-state index in [-0.39, 0.29) is 5.91 Å². The van der Waals surface area contributed by atoms with Crippen LogP contribution in [0.2, 0.25) is 5.02 Å². The number of carbonyl (C=O) groups excluding carboxylic acids is 2. The molecule has 0 saturated heterocycles. The number of rotatable bonds is 6. The van der Waals surface area contributed by atoms with Crippen molar-refractivity contribution in [2.24, 2.45) is 0 Å². The van der Waals surface area contributed by atoms with Crippen LogP contribution < -0.4 is 10.1 Å². The van der Waals surface area contributed by atoms with Gasteiger partial charge in [-0.15, -0.1) is 0 Å². The molecule has 1 N–H and O–H groups in total. The van der Waals surface area contributed by atoms with E-state index < -0.39 is 5.97 Å². The fraction of sp³-hybridized carbons (Fsp3) is 0.222. The van der Waals surface area contributed by atoms with Crippen molar-refractivity contribution >= 4 is 29.2 Å². The first-order valence-electron chi connectivity index (χ1n) is 7.34. The van der Waals surface area contributed by atoms with Crippen LogP contribution in [0.3, 0.4) is 0 Å². The lowest BCUT2D eigenvalue weighted by molar-refractivity contribution is -0.116. The van der Waals surface area contributed by atoms with Gasteiger partial charge in [0.25, 0.3) is 0 Å². The third kappa shape index (κ3) is 4.73. The Morgan fingerprint density at radius 2 is 1.79 bits per heavy atom. The molecule has 0 fully saturated rings. The van der Waals surface area contributed by atoms with E-state index in [1.165, 1.54) is 13.2 Å². The minimum Gasteiger partial charge on any atom is -0.497 e. The predicted octanol–water partition coefficient (Wildman–Crippen LogP) is 3.71. The van der Waals surface area contributed by atoms with Gasteiger partial charge in [-0.3, -0.25) is 4.79 Å². The summed E-state index contributed by atoms with van der Waals surface area (Å²) >= 11 is 6.06. The number of amides is 1. The number of methoxy groups -OCH3 is 2. The number of benzene rings is 2. The maximum atomic E-state index is 12.1. The minimum atomic E-state index is -0.486. The molecule has 0 aliphatic carbocycles. The summed E-state index contributed by atoms with van der Waals surface area (Å²) in [4.78, 5) is 23.6. The number of carbonyl (C=O) groups is 2. The van der Waals surface area contributed by atoms with E-state index >= 15 is 0 Å². The van der Waals surface area contributed by atoms with Gasteiger partial charge in [-0.05, 0) is 42.3 Å². The molecule has 6 heteroatoms. The Kier molecular flexibility index (Phi) is 6.21. The molecule has 2 aromatic carbocycles. The first-order valence-corrected chi connectivity index (χ1v) is 7.72. The van der Waals surface area contributed by atoms with Crippen molar-refractivity contribution in [3.8, 4) is 5.75 Å². The number of halogens is 1. The standard InChI is InChI=1S/C18H18ClNO4/c1-23-14-7-3-12(4-8-14)5-10-17(21)20-16-11-13(18(22)24-2)6-9-15(16)19/h3-4,6-9,11H,5,10H2,1-2H3,(H,20,21). The molecule has 0 saturated carbocycles. The molecule has 0 aliphatic rings. The average Bonchev–Trinajstić information content (AvgIpc) is 2.61. The van der Waals surface area contributed by atoms with Crippen LogP contribution >= 0.6 is 11.6 Å². The Morgan fingerprint density at radius 3 is 2.42 bits per heavy atom. The van der Waals surface area contributed by atoms with E-state index in [1.54, 1.807) is 19.2 Å². The number of esters is 1. The second-order valence-corrected chi connectivity index (χ2v) is 5.49. The van der Waals surface area contributed by atoms with Crippen LogP contribution in [0.4, 0.5) is 5.69 Å². The fourth-order valence-electron chi connectivity index (χ4n) is 2.13. The molecule has 0 atom stereocenters. The third-order valence-electron chi connectivity index (χ3n) is 3.46. The number of hydrogen-bond donors (Lipinski definition) is 1. The van der Waals surface area contributed by atoms with Gasteiger partial charge in [0.2, 0.25) is 5.91 Å². The van der Waals surface area contributed by atoms with Gasteiger partial charge in [0, 0.05) is 6.42 Å². The summed E-state index contributed by atoms with van der Waals surface area (Å²) < 4.78 is 9.75. The smallest absolute Gasteiger partial charge is 0.337 e. The number of hydrogen-bond acceptors (Lipinski definition) is 4. The molecule has 2 rings (SSSR count). The largest absolute Gasteiger partial charge is 0.497 e. The minimum absolute atomic E-state index is 0.185. The molecule has 0 heterocycles. The van der Waals surface area contributed by atoms with E-state index in [0.717, 1.165) is 11.3 Å². The second kappa shape index (κ2) is 8.36. The van der Waals surface area contributed by atoms with Crippen LogP contribution in [0.15, 0.2) is 42.5 Å². The quantitative estimate of drug-likeness (QED) is 0.809. The maximum Gasteiger partial charge on any atom is 0.337 e. The topological polar surface area (TPSA) is 64.6 Å². The SMILES string of the molecule is COC(=O)c1ccc(Cl)c(NC(=O)CCc2ccc(OC)cc2)c1. The van der Waals surface area contributed by atoms with Crippen LogP contribution in [-0.4, -0.2) is 26.1 Å². The van der Waals surface area contributed by atoms with E-state index in [2.05, 4.69) is 10.1 Å². The third-order valence-corrected chi connectivity index (χ3v) is 3.79. The molecule has 0 bridgehead atoms. The fourth-order valence-corrected chi connectivity index (χ4v) is 2.29. The van der Waals surface area contributed by atoms with Crippen LogP contribution in [0.25, 0.3) is 0 Å². The summed E-state index contributed by atoms with van der Waals surface area (Å²) in [5.74, 6) is 0.102. The number of aryl methyl sites for hydroxylation is 1. The molecular weight excluding hydrogens is 330 g/mol. The molecular formula is C18H18ClNO4. The Balaban J connectivity index is 1.97. The van der Waals surface area contributed by atoms with E-state index in [9.17, 15) is 9.59 Å². The summed E-state index contributed by atoms with van der Waals surface area (Å²) in [5, 5.41) is 3.08. The molecule has 0 aliphatic heterocycles. The number of anilines is 1. The maximum absolute atomic E-state index is 12.1. The Labute approximate surface area is 145 Å². The van der Waals surface area contributed by atoms with E-state index in [1.807, 2.05) is 24.3 Å². The van der Waals surface area contributed by atoms with Crippen LogP contribution in [0.1, 0.15) is 22.3 Å². The van der Waals surface area contributed by atoms with Gasteiger partial charge in [-0.25, -0.2) is 4.79 Å². The molecule has 0 radical (unpaired) electrons. The second-order valence-electron chi connectivity index (χ2n) is 5.08. The van der Waals surface area contributed by atoms with Gasteiger partial charge in [0.05, 0.1) is 30.5 Å². The molecule has 0 unspecified atom stereocenters. The normalized spacial score (nSPS) is 10.1. The lowest BCUT2D eigenvalue weighted by Crippen LogP contribution is -2.13. The first-order chi connectivity index (χ1) is 11.5. The van der Waals surface area contributed by atoms with Crippen molar-refractivity contribution < 1.29 is 19.1 Å². The van der Waals surface area contributed by atoms with Crippen molar-refractivity contribution in [1.82, 2.24) is 0 Å². The molecule has 0 aromatic heterocycles. The highest BCUT2D eigenvalue weighted by molar-refractivity contribution is 6.33. The first kappa shape index (κ1) is 17.8. The van der Waals surface area contributed by atoms with Gasteiger partial charge >= 0.3 is 5.97 Å². The van der Waals surface area contributed by atoms with Crippen LogP contribution in [0, 0.1) is 0 Å². The van der Waals surface area contributed by atoms with Crippen molar-refractivity contribution in [2.45, 2.75) is 12.8 Å². The van der Waals surface area contributed by atoms with Crippen LogP contribution in [0.5, 0.6) is 5.75 Å². The highest BCUT2D eigenvalue weighted by atomic mass is 35.5. The highest BCUT2D eigenvalue weighted by Gasteiger charge is 2.11. The van der Waals surface area contributed by atoms with Gasteiger partial charge in [0.1, 0.15) is 5.75 Å².